The van der Waals surface area contributed by atoms with Gasteiger partial charge >= 0.3 is 0 Å². The van der Waals surface area contributed by atoms with Crippen molar-refractivity contribution in [1.82, 2.24) is 20.1 Å². The molecule has 1 unspecified atom stereocenters. The first-order valence-corrected chi connectivity index (χ1v) is 5.43. The Bertz CT molecular complexity index is 575. The summed E-state index contributed by atoms with van der Waals surface area (Å²) in [7, 11) is 1.78. The van der Waals surface area contributed by atoms with Crippen molar-refractivity contribution in [3.63, 3.8) is 0 Å². The minimum Gasteiger partial charge on any atom is -0.327 e. The van der Waals surface area contributed by atoms with Gasteiger partial charge in [0.05, 0.1) is 5.69 Å². The van der Waals surface area contributed by atoms with Crippen LogP contribution in [0.3, 0.4) is 0 Å². The summed E-state index contributed by atoms with van der Waals surface area (Å²) in [5.74, 6) is -0.0556. The molecule has 5 nitrogen and oxygen atoms in total. The summed E-state index contributed by atoms with van der Waals surface area (Å²) < 4.78 is 0. The minimum absolute atomic E-state index is 0.0556. The molecular formula is C12H12N4O. The van der Waals surface area contributed by atoms with E-state index in [0.717, 1.165) is 17.0 Å². The molecule has 3 rings (SSSR count). The molecule has 1 atom stereocenters. The quantitative estimate of drug-likeness (QED) is 0.800. The van der Waals surface area contributed by atoms with Crippen LogP contribution in [-0.4, -0.2) is 33.0 Å². The minimum atomic E-state index is -0.127. The summed E-state index contributed by atoms with van der Waals surface area (Å²) in [6.45, 7) is 1.92. The number of aromatic nitrogens is 3. The van der Waals surface area contributed by atoms with Gasteiger partial charge in [0, 0.05) is 24.5 Å². The number of nitrogens with zero attached hydrogens (tertiary/aromatic N) is 3. The van der Waals surface area contributed by atoms with Crippen molar-refractivity contribution >= 4 is 5.91 Å². The lowest BCUT2D eigenvalue weighted by Crippen LogP contribution is -2.25. The second kappa shape index (κ2) is 3.41. The molecule has 0 saturated heterocycles. The Labute approximate surface area is 98.5 Å². The molecule has 0 aromatic carbocycles. The summed E-state index contributed by atoms with van der Waals surface area (Å²) in [6.07, 6.45) is 1.74. The largest absolute Gasteiger partial charge is 0.327 e. The van der Waals surface area contributed by atoms with Crippen LogP contribution in [-0.2, 0) is 0 Å². The van der Waals surface area contributed by atoms with Gasteiger partial charge in [0.25, 0.3) is 5.91 Å². The molecule has 0 spiro atoms. The average Bonchev–Trinajstić information content (AvgIpc) is 2.83. The predicted molar refractivity (Wildman–Crippen MR) is 61.5 cm³/mol. The summed E-state index contributed by atoms with van der Waals surface area (Å²) >= 11 is 0. The van der Waals surface area contributed by atoms with E-state index in [1.807, 2.05) is 25.1 Å². The van der Waals surface area contributed by atoms with Gasteiger partial charge in [-0.2, -0.15) is 5.10 Å². The Hall–Kier alpha value is -2.17. The van der Waals surface area contributed by atoms with Gasteiger partial charge in [-0.25, -0.2) is 0 Å². The number of pyridine rings is 1. The molecule has 1 aliphatic rings. The lowest BCUT2D eigenvalue weighted by Gasteiger charge is -2.20. The number of H-pyrrole nitrogens is 1. The molecule has 0 radical (unpaired) electrons. The Morgan fingerprint density at radius 2 is 2.24 bits per heavy atom. The first kappa shape index (κ1) is 10.0. The number of carbonyl (C=O) groups is 1. The first-order valence-electron chi connectivity index (χ1n) is 5.43. The standard InChI is InChI=1S/C12H12N4O/c1-7-9-10(15-14-7)12(17)16(2)11(9)8-5-3-4-6-13-8/h3-6,11H,1-2H3,(H,14,15). The molecule has 5 heteroatoms. The first-order chi connectivity index (χ1) is 8.20. The van der Waals surface area contributed by atoms with Gasteiger partial charge in [-0.3, -0.25) is 14.9 Å². The number of rotatable bonds is 1. The van der Waals surface area contributed by atoms with Crippen LogP contribution in [0.4, 0.5) is 0 Å². The normalized spacial score (nSPS) is 18.6. The Morgan fingerprint density at radius 1 is 1.41 bits per heavy atom. The Kier molecular flexibility index (Phi) is 2.01. The van der Waals surface area contributed by atoms with Gasteiger partial charge in [0.1, 0.15) is 6.04 Å². The van der Waals surface area contributed by atoms with Crippen LogP contribution >= 0.6 is 0 Å². The number of hydrogen-bond acceptors (Lipinski definition) is 3. The van der Waals surface area contributed by atoms with Gasteiger partial charge in [0.15, 0.2) is 5.69 Å². The second-order valence-corrected chi connectivity index (χ2v) is 4.18. The van der Waals surface area contributed by atoms with Crippen LogP contribution < -0.4 is 0 Å². The van der Waals surface area contributed by atoms with Crippen LogP contribution in [0.15, 0.2) is 24.4 Å². The topological polar surface area (TPSA) is 61.9 Å². The number of aromatic amines is 1. The van der Waals surface area contributed by atoms with E-state index in [4.69, 9.17) is 0 Å². The molecule has 17 heavy (non-hydrogen) atoms. The molecule has 2 aromatic rings. The lowest BCUT2D eigenvalue weighted by atomic mass is 10.0. The van der Waals surface area contributed by atoms with Gasteiger partial charge in [-0.05, 0) is 19.1 Å². The summed E-state index contributed by atoms with van der Waals surface area (Å²) in [4.78, 5) is 18.0. The van der Waals surface area contributed by atoms with Gasteiger partial charge < -0.3 is 4.90 Å². The molecule has 0 bridgehead atoms. The van der Waals surface area contributed by atoms with Gasteiger partial charge in [0.2, 0.25) is 0 Å². The molecular weight excluding hydrogens is 216 g/mol. The SMILES string of the molecule is Cc1[nH]nc2c1C(c1ccccn1)N(C)C2=O. The Balaban J connectivity index is 2.18. The van der Waals surface area contributed by atoms with Crippen LogP contribution in [0, 0.1) is 6.92 Å². The summed E-state index contributed by atoms with van der Waals surface area (Å²) in [6, 6.07) is 5.59. The smallest absolute Gasteiger partial charge is 0.275 e. The van der Waals surface area contributed by atoms with E-state index >= 15 is 0 Å². The molecule has 0 fully saturated rings. The maximum Gasteiger partial charge on any atom is 0.275 e. The summed E-state index contributed by atoms with van der Waals surface area (Å²) in [5.41, 5.74) is 3.25. The van der Waals surface area contributed by atoms with Crippen molar-refractivity contribution < 1.29 is 4.79 Å². The molecule has 86 valence electrons. The van der Waals surface area contributed by atoms with Crippen LogP contribution in [0.2, 0.25) is 0 Å². The molecule has 1 amide bonds. The molecule has 0 saturated carbocycles. The molecule has 0 aliphatic carbocycles. The third kappa shape index (κ3) is 1.28. The van der Waals surface area contributed by atoms with Crippen LogP contribution in [0.25, 0.3) is 0 Å². The van der Waals surface area contributed by atoms with E-state index in [2.05, 4.69) is 15.2 Å². The second-order valence-electron chi connectivity index (χ2n) is 4.18. The molecule has 3 heterocycles. The monoisotopic (exact) mass is 228 g/mol. The third-order valence-electron chi connectivity index (χ3n) is 3.15. The Morgan fingerprint density at radius 3 is 2.94 bits per heavy atom. The number of fused-ring (bicyclic) bond motifs is 1. The van der Waals surface area contributed by atoms with E-state index in [1.54, 1.807) is 18.1 Å². The molecule has 1 N–H and O–H groups in total. The predicted octanol–water partition coefficient (Wildman–Crippen LogP) is 1.29. The fraction of sp³-hybridized carbons (Fsp3) is 0.250. The highest BCUT2D eigenvalue weighted by atomic mass is 16.2. The average molecular weight is 228 g/mol. The van der Waals surface area contributed by atoms with Crippen molar-refractivity contribution in [2.75, 3.05) is 7.05 Å². The lowest BCUT2D eigenvalue weighted by molar-refractivity contribution is 0.0785. The zero-order chi connectivity index (χ0) is 12.0. The maximum absolute atomic E-state index is 12.0. The van der Waals surface area contributed by atoms with Crippen LogP contribution in [0.5, 0.6) is 0 Å². The van der Waals surface area contributed by atoms with Gasteiger partial charge in [-0.1, -0.05) is 6.07 Å². The van der Waals surface area contributed by atoms with E-state index in [1.165, 1.54) is 0 Å². The number of amides is 1. The molecule has 1 aliphatic heterocycles. The van der Waals surface area contributed by atoms with Crippen molar-refractivity contribution in [1.29, 1.82) is 0 Å². The van der Waals surface area contributed by atoms with E-state index < -0.39 is 0 Å². The number of aryl methyl sites for hydroxylation is 1. The summed E-state index contributed by atoms with van der Waals surface area (Å²) in [5, 5.41) is 6.92. The zero-order valence-electron chi connectivity index (χ0n) is 9.64. The highest BCUT2D eigenvalue weighted by Gasteiger charge is 2.39. The maximum atomic E-state index is 12.0. The van der Waals surface area contributed by atoms with E-state index in [-0.39, 0.29) is 11.9 Å². The number of nitrogens with one attached hydrogen (secondary N) is 1. The third-order valence-corrected chi connectivity index (χ3v) is 3.15. The van der Waals surface area contributed by atoms with E-state index in [9.17, 15) is 4.79 Å². The number of carbonyl (C=O) groups excluding carboxylic acids is 1. The highest BCUT2D eigenvalue weighted by molar-refractivity contribution is 5.98. The van der Waals surface area contributed by atoms with Gasteiger partial charge in [-0.15, -0.1) is 0 Å². The van der Waals surface area contributed by atoms with Crippen molar-refractivity contribution in [2.45, 2.75) is 13.0 Å². The van der Waals surface area contributed by atoms with E-state index in [0.29, 0.717) is 5.69 Å². The molecule has 2 aromatic heterocycles. The zero-order valence-corrected chi connectivity index (χ0v) is 9.64. The highest BCUT2D eigenvalue weighted by Crippen LogP contribution is 2.36. The van der Waals surface area contributed by atoms with Crippen LogP contribution in [0.1, 0.15) is 33.5 Å². The number of hydrogen-bond donors (Lipinski definition) is 1. The van der Waals surface area contributed by atoms with Crippen molar-refractivity contribution in [2.24, 2.45) is 0 Å². The van der Waals surface area contributed by atoms with Crippen molar-refractivity contribution in [3.8, 4) is 0 Å². The van der Waals surface area contributed by atoms with Crippen molar-refractivity contribution in [3.05, 3.63) is 47.0 Å². The fourth-order valence-corrected chi connectivity index (χ4v) is 2.30. The fourth-order valence-electron chi connectivity index (χ4n) is 2.30.